The van der Waals surface area contributed by atoms with E-state index in [1.807, 2.05) is 85.9 Å². The number of aromatic nitrogens is 1. The van der Waals surface area contributed by atoms with Gasteiger partial charge >= 0.3 is 6.03 Å². The maximum atomic E-state index is 12.6. The van der Waals surface area contributed by atoms with Crippen LogP contribution in [-0.2, 0) is 0 Å². The third-order valence-electron chi connectivity index (χ3n) is 5.10. The lowest BCUT2D eigenvalue weighted by molar-refractivity contribution is 0.262. The van der Waals surface area contributed by atoms with Crippen molar-refractivity contribution in [1.29, 1.82) is 0 Å². The van der Waals surface area contributed by atoms with E-state index in [2.05, 4.69) is 20.5 Å². The van der Waals surface area contributed by atoms with Crippen LogP contribution in [0.3, 0.4) is 0 Å². The van der Waals surface area contributed by atoms with Crippen molar-refractivity contribution in [2.75, 3.05) is 36.8 Å². The number of anilines is 4. The Labute approximate surface area is 186 Å². The third kappa shape index (κ3) is 4.57. The number of nitrogens with zero attached hydrogens (tertiary/aromatic N) is 2. The lowest BCUT2D eigenvalue weighted by Crippen LogP contribution is -2.20. The molecule has 2 N–H and O–H groups in total. The number of rotatable bonds is 6. The van der Waals surface area contributed by atoms with Crippen LogP contribution in [0.4, 0.5) is 27.5 Å². The first-order chi connectivity index (χ1) is 15.6. The van der Waals surface area contributed by atoms with E-state index in [0.717, 1.165) is 28.0 Å². The van der Waals surface area contributed by atoms with Crippen LogP contribution in [0.25, 0.3) is 10.9 Å². The summed E-state index contributed by atoms with van der Waals surface area (Å²) in [6.07, 6.45) is 0. The summed E-state index contributed by atoms with van der Waals surface area (Å²) in [7, 11) is 5.15. The van der Waals surface area contributed by atoms with E-state index in [0.29, 0.717) is 17.3 Å². The second-order valence-electron chi connectivity index (χ2n) is 7.12. The number of amides is 2. The number of methoxy groups -OCH3 is 2. The van der Waals surface area contributed by atoms with Crippen LogP contribution in [0, 0.1) is 0 Å². The Morgan fingerprint density at radius 2 is 1.50 bits per heavy atom. The van der Waals surface area contributed by atoms with Crippen LogP contribution in [0.15, 0.2) is 78.9 Å². The van der Waals surface area contributed by atoms with Crippen molar-refractivity contribution in [3.63, 3.8) is 0 Å². The second kappa shape index (κ2) is 9.26. The Kier molecular flexibility index (Phi) is 6.07. The smallest absolute Gasteiger partial charge is 0.323 e. The minimum Gasteiger partial charge on any atom is -0.497 e. The molecule has 4 aromatic rings. The number of nitrogens with one attached hydrogen (secondary N) is 2. The average molecular weight is 428 g/mol. The summed E-state index contributed by atoms with van der Waals surface area (Å²) in [6.45, 7) is 0. The van der Waals surface area contributed by atoms with Crippen molar-refractivity contribution in [3.05, 3.63) is 78.9 Å². The molecule has 1 heterocycles. The largest absolute Gasteiger partial charge is 0.497 e. The van der Waals surface area contributed by atoms with Crippen molar-refractivity contribution in [3.8, 4) is 11.6 Å². The van der Waals surface area contributed by atoms with Crippen molar-refractivity contribution in [2.24, 2.45) is 0 Å². The van der Waals surface area contributed by atoms with Crippen molar-refractivity contribution >= 4 is 39.7 Å². The van der Waals surface area contributed by atoms with Crippen LogP contribution in [0.1, 0.15) is 0 Å². The molecule has 0 fully saturated rings. The van der Waals surface area contributed by atoms with Crippen molar-refractivity contribution in [1.82, 2.24) is 4.98 Å². The maximum absolute atomic E-state index is 12.6. The number of urea groups is 1. The minimum absolute atomic E-state index is 0.357. The molecule has 7 heteroatoms. The number of pyridine rings is 1. The van der Waals surface area contributed by atoms with Gasteiger partial charge < -0.3 is 25.0 Å². The molecule has 0 saturated carbocycles. The number of ether oxygens (including phenoxy) is 2. The molecule has 0 spiro atoms. The van der Waals surface area contributed by atoms with E-state index in [4.69, 9.17) is 9.47 Å². The SMILES string of the molecule is COc1ccc(N(C)c2ccc(NC(=O)Nc3cc4ccccc4nc3OC)cc2)cc1. The number of carbonyl (C=O) groups is 1. The zero-order chi connectivity index (χ0) is 22.5. The number of para-hydroxylation sites is 1. The highest BCUT2D eigenvalue weighted by atomic mass is 16.5. The van der Waals surface area contributed by atoms with Gasteiger partial charge in [-0.15, -0.1) is 0 Å². The van der Waals surface area contributed by atoms with Gasteiger partial charge in [0.15, 0.2) is 0 Å². The summed E-state index contributed by atoms with van der Waals surface area (Å²) >= 11 is 0. The zero-order valence-corrected chi connectivity index (χ0v) is 18.1. The van der Waals surface area contributed by atoms with Crippen LogP contribution in [-0.4, -0.2) is 32.3 Å². The maximum Gasteiger partial charge on any atom is 0.323 e. The summed E-state index contributed by atoms with van der Waals surface area (Å²) < 4.78 is 10.5. The quantitative estimate of drug-likeness (QED) is 0.414. The Morgan fingerprint density at radius 1 is 0.844 bits per heavy atom. The number of hydrogen-bond donors (Lipinski definition) is 2. The van der Waals surface area contributed by atoms with E-state index in [1.165, 1.54) is 7.11 Å². The minimum atomic E-state index is -0.378. The highest BCUT2D eigenvalue weighted by molar-refractivity contribution is 6.01. The van der Waals surface area contributed by atoms with Gasteiger partial charge in [0.25, 0.3) is 0 Å². The predicted molar refractivity (Wildman–Crippen MR) is 128 cm³/mol. The third-order valence-corrected chi connectivity index (χ3v) is 5.10. The van der Waals surface area contributed by atoms with E-state index >= 15 is 0 Å². The molecule has 0 bridgehead atoms. The molecule has 0 saturated heterocycles. The van der Waals surface area contributed by atoms with Gasteiger partial charge in [0.1, 0.15) is 11.4 Å². The normalized spacial score (nSPS) is 10.5. The van der Waals surface area contributed by atoms with Crippen LogP contribution in [0.5, 0.6) is 11.6 Å². The molecular weight excluding hydrogens is 404 g/mol. The molecule has 4 rings (SSSR count). The standard InChI is InChI=1S/C25H24N4O3/c1-29(20-12-14-21(31-2)15-13-20)19-10-8-18(9-11-19)26-25(30)28-23-16-17-6-4-5-7-22(17)27-24(23)32-3/h4-16H,1-3H3,(H2,26,28,30). The molecule has 0 aliphatic carbocycles. The molecule has 2 amide bonds. The molecule has 3 aromatic carbocycles. The van der Waals surface area contributed by atoms with Gasteiger partial charge in [-0.3, -0.25) is 0 Å². The first kappa shape index (κ1) is 21.0. The molecule has 0 aliphatic heterocycles. The lowest BCUT2D eigenvalue weighted by Gasteiger charge is -2.20. The fraction of sp³-hybridized carbons (Fsp3) is 0.120. The van der Waals surface area contributed by atoms with Crippen LogP contribution in [0.2, 0.25) is 0 Å². The Balaban J connectivity index is 1.44. The first-order valence-corrected chi connectivity index (χ1v) is 10.1. The predicted octanol–water partition coefficient (Wildman–Crippen LogP) is 5.66. The molecule has 0 aliphatic rings. The molecule has 162 valence electrons. The fourth-order valence-corrected chi connectivity index (χ4v) is 3.35. The Hall–Kier alpha value is -4.26. The molecule has 32 heavy (non-hydrogen) atoms. The van der Waals surface area contributed by atoms with Gasteiger partial charge in [0, 0.05) is 29.5 Å². The summed E-state index contributed by atoms with van der Waals surface area (Å²) in [4.78, 5) is 19.1. The van der Waals surface area contributed by atoms with Gasteiger partial charge in [0.2, 0.25) is 5.88 Å². The highest BCUT2D eigenvalue weighted by Crippen LogP contribution is 2.28. The number of hydrogen-bond acceptors (Lipinski definition) is 5. The summed E-state index contributed by atoms with van der Waals surface area (Å²) in [5.74, 6) is 1.17. The van der Waals surface area contributed by atoms with Gasteiger partial charge in [-0.05, 0) is 60.7 Å². The van der Waals surface area contributed by atoms with Gasteiger partial charge in [-0.2, -0.15) is 0 Å². The molecule has 0 unspecified atom stereocenters. The van der Waals surface area contributed by atoms with Crippen molar-refractivity contribution < 1.29 is 14.3 Å². The second-order valence-corrected chi connectivity index (χ2v) is 7.12. The lowest BCUT2D eigenvalue weighted by atomic mass is 10.2. The molecule has 7 nitrogen and oxygen atoms in total. The first-order valence-electron chi connectivity index (χ1n) is 10.1. The molecule has 0 atom stereocenters. The van der Waals surface area contributed by atoms with E-state index < -0.39 is 0 Å². The average Bonchev–Trinajstić information content (AvgIpc) is 2.83. The zero-order valence-electron chi connectivity index (χ0n) is 18.1. The monoisotopic (exact) mass is 428 g/mol. The van der Waals surface area contributed by atoms with Gasteiger partial charge in [0.05, 0.1) is 19.7 Å². The molecule has 0 radical (unpaired) electrons. The number of carbonyl (C=O) groups excluding carboxylic acids is 1. The topological polar surface area (TPSA) is 75.7 Å². The summed E-state index contributed by atoms with van der Waals surface area (Å²) in [6, 6.07) is 24.5. The fourth-order valence-electron chi connectivity index (χ4n) is 3.35. The van der Waals surface area contributed by atoms with Crippen LogP contribution < -0.4 is 25.0 Å². The van der Waals surface area contributed by atoms with Crippen molar-refractivity contribution in [2.45, 2.75) is 0 Å². The molecular formula is C25H24N4O3. The Morgan fingerprint density at radius 3 is 2.16 bits per heavy atom. The van der Waals surface area contributed by atoms with E-state index in [-0.39, 0.29) is 6.03 Å². The molecule has 1 aromatic heterocycles. The number of fused-ring (bicyclic) bond motifs is 1. The summed E-state index contributed by atoms with van der Waals surface area (Å²) in [5.41, 5.74) is 3.98. The summed E-state index contributed by atoms with van der Waals surface area (Å²) in [5, 5.41) is 6.57. The van der Waals surface area contributed by atoms with Gasteiger partial charge in [-0.1, -0.05) is 18.2 Å². The van der Waals surface area contributed by atoms with Gasteiger partial charge in [-0.25, -0.2) is 9.78 Å². The van der Waals surface area contributed by atoms with Crippen LogP contribution >= 0.6 is 0 Å². The highest BCUT2D eigenvalue weighted by Gasteiger charge is 2.11. The van der Waals surface area contributed by atoms with E-state index in [1.54, 1.807) is 7.11 Å². The van der Waals surface area contributed by atoms with E-state index in [9.17, 15) is 4.79 Å². The number of benzene rings is 3. The Bertz CT molecular complexity index is 1220.